The molecule has 0 amide bonds. The van der Waals surface area contributed by atoms with E-state index >= 15 is 0 Å². The summed E-state index contributed by atoms with van der Waals surface area (Å²) in [5.41, 5.74) is 0.551. The van der Waals surface area contributed by atoms with Crippen molar-refractivity contribution in [1.29, 1.82) is 0 Å². The number of hydrogen-bond donors (Lipinski definition) is 0. The van der Waals surface area contributed by atoms with Gasteiger partial charge in [-0.05, 0) is 0 Å². The normalized spacial score (nSPS) is 15.2. The first-order valence-corrected chi connectivity index (χ1v) is 4.14. The molecule has 0 bridgehead atoms. The summed E-state index contributed by atoms with van der Waals surface area (Å²) in [5.74, 6) is 2.90. The molecule has 0 N–H and O–H groups in total. The van der Waals surface area contributed by atoms with Crippen LogP contribution in [0.1, 0.15) is 16.3 Å². The molecule has 4 heteroatoms. The van der Waals surface area contributed by atoms with Crippen LogP contribution in [0.3, 0.4) is 0 Å². The molecule has 0 radical (unpaired) electrons. The highest BCUT2D eigenvalue weighted by molar-refractivity contribution is 7.97. The van der Waals surface area contributed by atoms with E-state index < -0.39 is 0 Å². The van der Waals surface area contributed by atoms with Gasteiger partial charge in [-0.15, -0.1) is 11.8 Å². The second kappa shape index (κ2) is 2.12. The molecule has 0 unspecified atom stereocenters. The Balaban J connectivity index is 2.46. The van der Waals surface area contributed by atoms with Gasteiger partial charge in [0, 0.05) is 6.20 Å². The number of rotatable bonds is 1. The average molecular weight is 154 g/mol. The zero-order valence-electron chi connectivity index (χ0n) is 5.28. The molecule has 2 rings (SSSR count). The number of hydrogen-bond acceptors (Lipinski definition) is 3. The SMILES string of the molecule is O=Cc1cn2c(n1)CSC2. The number of nitrogens with zero attached hydrogens (tertiary/aromatic N) is 2. The summed E-state index contributed by atoms with van der Waals surface area (Å²) in [6, 6.07) is 0. The largest absolute Gasteiger partial charge is 0.324 e. The highest BCUT2D eigenvalue weighted by Gasteiger charge is 2.12. The monoisotopic (exact) mass is 154 g/mol. The molecule has 1 aromatic heterocycles. The lowest BCUT2D eigenvalue weighted by Gasteiger charge is -1.87. The van der Waals surface area contributed by atoms with Crippen molar-refractivity contribution >= 4 is 18.0 Å². The Morgan fingerprint density at radius 1 is 1.80 bits per heavy atom. The first-order valence-electron chi connectivity index (χ1n) is 2.99. The first kappa shape index (κ1) is 5.97. The Morgan fingerprint density at radius 2 is 2.70 bits per heavy atom. The molecule has 52 valence electrons. The summed E-state index contributed by atoms with van der Waals surface area (Å²) in [4.78, 5) is 14.3. The molecule has 2 heterocycles. The van der Waals surface area contributed by atoms with E-state index in [0.29, 0.717) is 5.69 Å². The van der Waals surface area contributed by atoms with E-state index in [2.05, 4.69) is 4.98 Å². The van der Waals surface area contributed by atoms with Crippen LogP contribution in [-0.2, 0) is 11.6 Å². The van der Waals surface area contributed by atoms with E-state index in [1.165, 1.54) is 0 Å². The number of fused-ring (bicyclic) bond motifs is 1. The zero-order valence-corrected chi connectivity index (χ0v) is 6.10. The number of aromatic nitrogens is 2. The predicted molar refractivity (Wildman–Crippen MR) is 38.9 cm³/mol. The number of imidazole rings is 1. The summed E-state index contributed by atoms with van der Waals surface area (Å²) in [6.07, 6.45) is 2.58. The topological polar surface area (TPSA) is 34.9 Å². The minimum atomic E-state index is 0.551. The molecule has 0 fully saturated rings. The lowest BCUT2D eigenvalue weighted by atomic mass is 10.5. The quantitative estimate of drug-likeness (QED) is 0.564. The molecule has 1 aliphatic rings. The van der Waals surface area contributed by atoms with Crippen molar-refractivity contribution in [3.63, 3.8) is 0 Å². The molecule has 0 saturated heterocycles. The Morgan fingerprint density at radius 3 is 3.40 bits per heavy atom. The molecule has 0 spiro atoms. The number of aldehydes is 1. The van der Waals surface area contributed by atoms with Crippen LogP contribution in [-0.4, -0.2) is 15.8 Å². The van der Waals surface area contributed by atoms with Crippen LogP contribution in [0.5, 0.6) is 0 Å². The van der Waals surface area contributed by atoms with E-state index in [-0.39, 0.29) is 0 Å². The van der Waals surface area contributed by atoms with Gasteiger partial charge in [0.25, 0.3) is 0 Å². The van der Waals surface area contributed by atoms with Crippen LogP contribution < -0.4 is 0 Å². The molecule has 0 atom stereocenters. The third-order valence-electron chi connectivity index (χ3n) is 1.46. The van der Waals surface area contributed by atoms with Crippen LogP contribution >= 0.6 is 11.8 Å². The molecule has 1 aliphatic heterocycles. The van der Waals surface area contributed by atoms with Crippen molar-refractivity contribution in [3.8, 4) is 0 Å². The first-order chi connectivity index (χ1) is 4.90. The summed E-state index contributed by atoms with van der Waals surface area (Å²) < 4.78 is 2.01. The fourth-order valence-electron chi connectivity index (χ4n) is 0.995. The molecular formula is C6H6N2OS. The van der Waals surface area contributed by atoms with Crippen LogP contribution in [0.4, 0.5) is 0 Å². The maximum absolute atomic E-state index is 10.2. The van der Waals surface area contributed by atoms with Gasteiger partial charge in [-0.1, -0.05) is 0 Å². The van der Waals surface area contributed by atoms with Gasteiger partial charge >= 0.3 is 0 Å². The van der Waals surface area contributed by atoms with Crippen LogP contribution in [0.2, 0.25) is 0 Å². The molecule has 0 aromatic carbocycles. The third kappa shape index (κ3) is 0.759. The van der Waals surface area contributed by atoms with Crippen LogP contribution in [0, 0.1) is 0 Å². The van der Waals surface area contributed by atoms with Gasteiger partial charge in [-0.3, -0.25) is 4.79 Å². The van der Waals surface area contributed by atoms with Crippen molar-refractivity contribution < 1.29 is 4.79 Å². The van der Waals surface area contributed by atoms with Gasteiger partial charge in [0.15, 0.2) is 6.29 Å². The fraction of sp³-hybridized carbons (Fsp3) is 0.333. The van der Waals surface area contributed by atoms with Crippen molar-refractivity contribution in [3.05, 3.63) is 17.7 Å². The summed E-state index contributed by atoms with van der Waals surface area (Å²) >= 11 is 1.81. The van der Waals surface area contributed by atoms with Gasteiger partial charge in [0.2, 0.25) is 0 Å². The van der Waals surface area contributed by atoms with E-state index in [9.17, 15) is 4.79 Å². The Hall–Kier alpha value is -0.770. The van der Waals surface area contributed by atoms with E-state index in [1.807, 2.05) is 16.3 Å². The molecule has 0 saturated carbocycles. The molecule has 0 aliphatic carbocycles. The highest BCUT2D eigenvalue weighted by atomic mass is 32.2. The minimum Gasteiger partial charge on any atom is -0.324 e. The van der Waals surface area contributed by atoms with Gasteiger partial charge in [-0.25, -0.2) is 4.98 Å². The molecule has 3 nitrogen and oxygen atoms in total. The Bertz CT molecular complexity index is 247. The van der Waals surface area contributed by atoms with Gasteiger partial charge < -0.3 is 4.57 Å². The molecular weight excluding hydrogens is 148 g/mol. The summed E-state index contributed by atoms with van der Waals surface area (Å²) in [6.45, 7) is 0. The van der Waals surface area contributed by atoms with E-state index in [4.69, 9.17) is 0 Å². The average Bonchev–Trinajstić information content (AvgIpc) is 2.42. The van der Waals surface area contributed by atoms with E-state index in [1.54, 1.807) is 6.20 Å². The summed E-state index contributed by atoms with van der Waals surface area (Å²) in [7, 11) is 0. The standard InChI is InChI=1S/C6H6N2OS/c9-2-5-1-8-4-10-3-6(8)7-5/h1-2H,3-4H2. The van der Waals surface area contributed by atoms with Gasteiger partial charge in [-0.2, -0.15) is 0 Å². The molecule has 10 heavy (non-hydrogen) atoms. The zero-order chi connectivity index (χ0) is 6.97. The molecule has 1 aromatic rings. The van der Waals surface area contributed by atoms with Crippen molar-refractivity contribution in [2.75, 3.05) is 0 Å². The van der Waals surface area contributed by atoms with Crippen LogP contribution in [0.15, 0.2) is 6.20 Å². The van der Waals surface area contributed by atoms with Crippen LogP contribution in [0.25, 0.3) is 0 Å². The minimum absolute atomic E-state index is 0.551. The Kier molecular flexibility index (Phi) is 1.27. The summed E-state index contributed by atoms with van der Waals surface area (Å²) in [5, 5.41) is 0. The van der Waals surface area contributed by atoms with Gasteiger partial charge in [0.05, 0.1) is 11.6 Å². The van der Waals surface area contributed by atoms with Gasteiger partial charge in [0.1, 0.15) is 11.5 Å². The van der Waals surface area contributed by atoms with E-state index in [0.717, 1.165) is 23.7 Å². The van der Waals surface area contributed by atoms with Crippen molar-refractivity contribution in [2.45, 2.75) is 11.6 Å². The Labute approximate surface area is 62.4 Å². The maximum atomic E-state index is 10.2. The smallest absolute Gasteiger partial charge is 0.170 e. The van der Waals surface area contributed by atoms with Crippen molar-refractivity contribution in [2.24, 2.45) is 0 Å². The lowest BCUT2D eigenvalue weighted by Crippen LogP contribution is -1.87. The van der Waals surface area contributed by atoms with Crippen molar-refractivity contribution in [1.82, 2.24) is 9.55 Å². The predicted octanol–water partition coefficient (Wildman–Crippen LogP) is 0.900. The highest BCUT2D eigenvalue weighted by Crippen LogP contribution is 2.22. The second-order valence-corrected chi connectivity index (χ2v) is 3.10. The second-order valence-electron chi connectivity index (χ2n) is 2.15. The number of carbonyl (C=O) groups excluding carboxylic acids is 1. The fourth-order valence-corrected chi connectivity index (χ4v) is 1.92. The lowest BCUT2D eigenvalue weighted by molar-refractivity contribution is 0.111. The third-order valence-corrected chi connectivity index (χ3v) is 2.38. The number of thioether (sulfide) groups is 1. The maximum Gasteiger partial charge on any atom is 0.170 e. The number of carbonyl (C=O) groups is 1.